The SMILES string of the molecule is COc1cccc([C@H]2CCCN2C(=O)Nc2ccc3c(c2)CC(=O)N3)c1. The Morgan fingerprint density at radius 2 is 2.15 bits per heavy atom. The largest absolute Gasteiger partial charge is 0.497 e. The Balaban J connectivity index is 1.50. The first-order valence-corrected chi connectivity index (χ1v) is 8.78. The molecule has 3 amide bonds. The van der Waals surface area contributed by atoms with Gasteiger partial charge >= 0.3 is 6.03 Å². The van der Waals surface area contributed by atoms with Crippen LogP contribution in [0.4, 0.5) is 16.2 Å². The Hall–Kier alpha value is -3.02. The van der Waals surface area contributed by atoms with E-state index in [9.17, 15) is 9.59 Å². The standard InChI is InChI=1S/C20H21N3O3/c1-26-16-5-2-4-13(11-16)18-6-3-9-23(18)20(25)21-15-7-8-17-14(10-15)12-19(24)22-17/h2,4-5,7-8,10-11,18H,3,6,9,12H2,1H3,(H,21,25)(H,22,24)/t18-/m1/s1. The molecule has 1 saturated heterocycles. The Morgan fingerprint density at radius 3 is 3.00 bits per heavy atom. The zero-order valence-corrected chi connectivity index (χ0v) is 14.6. The number of nitrogens with one attached hydrogen (secondary N) is 2. The fourth-order valence-electron chi connectivity index (χ4n) is 3.71. The third-order valence-corrected chi connectivity index (χ3v) is 4.97. The van der Waals surface area contributed by atoms with Crippen molar-refractivity contribution in [2.75, 3.05) is 24.3 Å². The van der Waals surface area contributed by atoms with E-state index >= 15 is 0 Å². The first kappa shape index (κ1) is 16.4. The average molecular weight is 351 g/mol. The first-order valence-electron chi connectivity index (χ1n) is 8.78. The fraction of sp³-hybridized carbons (Fsp3) is 0.300. The number of amides is 3. The number of methoxy groups -OCH3 is 1. The van der Waals surface area contributed by atoms with Crippen molar-refractivity contribution in [1.82, 2.24) is 4.90 Å². The minimum Gasteiger partial charge on any atom is -0.497 e. The maximum Gasteiger partial charge on any atom is 0.322 e. The smallest absolute Gasteiger partial charge is 0.322 e. The third-order valence-electron chi connectivity index (χ3n) is 4.97. The molecule has 2 aliphatic rings. The summed E-state index contributed by atoms with van der Waals surface area (Å²) < 4.78 is 5.30. The summed E-state index contributed by atoms with van der Waals surface area (Å²) in [6, 6.07) is 13.3. The summed E-state index contributed by atoms with van der Waals surface area (Å²) in [5.74, 6) is 0.784. The molecule has 0 saturated carbocycles. The zero-order chi connectivity index (χ0) is 18.1. The van der Waals surface area contributed by atoms with Crippen molar-refractivity contribution >= 4 is 23.3 Å². The van der Waals surface area contributed by atoms with Crippen molar-refractivity contribution in [3.05, 3.63) is 53.6 Å². The van der Waals surface area contributed by atoms with Gasteiger partial charge in [-0.15, -0.1) is 0 Å². The van der Waals surface area contributed by atoms with Gasteiger partial charge in [0.15, 0.2) is 0 Å². The van der Waals surface area contributed by atoms with Gasteiger partial charge in [-0.25, -0.2) is 4.79 Å². The average Bonchev–Trinajstić information content (AvgIpc) is 3.27. The molecule has 6 heteroatoms. The van der Waals surface area contributed by atoms with Crippen molar-refractivity contribution in [3.8, 4) is 5.75 Å². The summed E-state index contributed by atoms with van der Waals surface area (Å²) in [5, 5.41) is 5.77. The van der Waals surface area contributed by atoms with E-state index < -0.39 is 0 Å². The molecule has 0 radical (unpaired) electrons. The van der Waals surface area contributed by atoms with E-state index in [0.29, 0.717) is 12.1 Å². The monoisotopic (exact) mass is 351 g/mol. The summed E-state index contributed by atoms with van der Waals surface area (Å²) in [4.78, 5) is 26.2. The number of ether oxygens (including phenoxy) is 1. The molecular formula is C20H21N3O3. The van der Waals surface area contributed by atoms with Crippen LogP contribution in [0, 0.1) is 0 Å². The minimum atomic E-state index is -0.118. The highest BCUT2D eigenvalue weighted by Gasteiger charge is 2.30. The number of hydrogen-bond donors (Lipinski definition) is 2. The number of benzene rings is 2. The van der Waals surface area contributed by atoms with Crippen molar-refractivity contribution < 1.29 is 14.3 Å². The molecule has 2 aromatic rings. The van der Waals surface area contributed by atoms with Gasteiger partial charge < -0.3 is 20.3 Å². The van der Waals surface area contributed by atoms with Crippen LogP contribution in [-0.4, -0.2) is 30.5 Å². The van der Waals surface area contributed by atoms with Crippen LogP contribution in [-0.2, 0) is 11.2 Å². The molecule has 6 nitrogen and oxygen atoms in total. The molecular weight excluding hydrogens is 330 g/mol. The molecule has 1 atom stereocenters. The lowest BCUT2D eigenvalue weighted by Crippen LogP contribution is -2.34. The van der Waals surface area contributed by atoms with Gasteiger partial charge in [-0.1, -0.05) is 12.1 Å². The summed E-state index contributed by atoms with van der Waals surface area (Å²) in [5.41, 5.74) is 3.53. The molecule has 1 fully saturated rings. The van der Waals surface area contributed by atoms with Crippen LogP contribution in [0.25, 0.3) is 0 Å². The lowest BCUT2D eigenvalue weighted by molar-refractivity contribution is -0.115. The maximum atomic E-state index is 12.8. The van der Waals surface area contributed by atoms with Gasteiger partial charge in [-0.05, 0) is 54.3 Å². The van der Waals surface area contributed by atoms with Crippen LogP contribution in [0.2, 0.25) is 0 Å². The molecule has 134 valence electrons. The van der Waals surface area contributed by atoms with Gasteiger partial charge in [-0.3, -0.25) is 4.79 Å². The van der Waals surface area contributed by atoms with Crippen molar-refractivity contribution in [2.24, 2.45) is 0 Å². The Morgan fingerprint density at radius 1 is 1.27 bits per heavy atom. The molecule has 0 aliphatic carbocycles. The molecule has 4 rings (SSSR count). The number of fused-ring (bicyclic) bond motifs is 1. The van der Waals surface area contributed by atoms with E-state index in [1.165, 1.54) is 0 Å². The molecule has 0 unspecified atom stereocenters. The summed E-state index contributed by atoms with van der Waals surface area (Å²) in [7, 11) is 1.64. The normalized spacial score (nSPS) is 18.4. The number of likely N-dealkylation sites (tertiary alicyclic amines) is 1. The van der Waals surface area contributed by atoms with E-state index in [4.69, 9.17) is 4.74 Å². The van der Waals surface area contributed by atoms with Gasteiger partial charge in [0, 0.05) is 17.9 Å². The van der Waals surface area contributed by atoms with Gasteiger partial charge in [0.25, 0.3) is 0 Å². The maximum absolute atomic E-state index is 12.8. The Labute approximate surface area is 152 Å². The predicted molar refractivity (Wildman–Crippen MR) is 99.5 cm³/mol. The molecule has 2 aliphatic heterocycles. The van der Waals surface area contributed by atoms with Crippen LogP contribution in [0.3, 0.4) is 0 Å². The topological polar surface area (TPSA) is 70.7 Å². The van der Waals surface area contributed by atoms with E-state index in [2.05, 4.69) is 10.6 Å². The second-order valence-corrected chi connectivity index (χ2v) is 6.66. The number of rotatable bonds is 3. The van der Waals surface area contributed by atoms with Gasteiger partial charge in [0.2, 0.25) is 5.91 Å². The number of carbonyl (C=O) groups excluding carboxylic acids is 2. The Bertz CT molecular complexity index is 865. The molecule has 0 bridgehead atoms. The number of nitrogens with zero attached hydrogens (tertiary/aromatic N) is 1. The van der Waals surface area contributed by atoms with Crippen molar-refractivity contribution in [1.29, 1.82) is 0 Å². The highest BCUT2D eigenvalue weighted by Crippen LogP contribution is 2.34. The molecule has 2 heterocycles. The fourth-order valence-corrected chi connectivity index (χ4v) is 3.71. The molecule has 2 N–H and O–H groups in total. The lowest BCUT2D eigenvalue weighted by Gasteiger charge is -2.25. The van der Waals surface area contributed by atoms with Crippen LogP contribution in [0.15, 0.2) is 42.5 Å². The Kier molecular flexibility index (Phi) is 4.24. The van der Waals surface area contributed by atoms with Crippen molar-refractivity contribution in [3.63, 3.8) is 0 Å². The van der Waals surface area contributed by atoms with E-state index in [0.717, 1.165) is 42.0 Å². The quantitative estimate of drug-likeness (QED) is 0.888. The van der Waals surface area contributed by atoms with Gasteiger partial charge in [-0.2, -0.15) is 0 Å². The summed E-state index contributed by atoms with van der Waals surface area (Å²) in [6.45, 7) is 0.721. The van der Waals surface area contributed by atoms with E-state index in [-0.39, 0.29) is 18.0 Å². The highest BCUT2D eigenvalue weighted by molar-refractivity contribution is 6.00. The highest BCUT2D eigenvalue weighted by atomic mass is 16.5. The predicted octanol–water partition coefficient (Wildman–Crippen LogP) is 3.56. The van der Waals surface area contributed by atoms with Crippen LogP contribution < -0.4 is 15.4 Å². The van der Waals surface area contributed by atoms with E-state index in [1.54, 1.807) is 7.11 Å². The van der Waals surface area contributed by atoms with Crippen molar-refractivity contribution in [2.45, 2.75) is 25.3 Å². The zero-order valence-electron chi connectivity index (χ0n) is 14.6. The number of hydrogen-bond acceptors (Lipinski definition) is 3. The number of urea groups is 1. The lowest BCUT2D eigenvalue weighted by atomic mass is 10.0. The second-order valence-electron chi connectivity index (χ2n) is 6.66. The molecule has 0 spiro atoms. The minimum absolute atomic E-state index is 0.0129. The molecule has 26 heavy (non-hydrogen) atoms. The van der Waals surface area contributed by atoms with E-state index in [1.807, 2.05) is 47.4 Å². The van der Waals surface area contributed by atoms with Crippen LogP contribution >= 0.6 is 0 Å². The summed E-state index contributed by atoms with van der Waals surface area (Å²) in [6.07, 6.45) is 2.26. The van der Waals surface area contributed by atoms with Crippen LogP contribution in [0.5, 0.6) is 5.75 Å². The molecule has 0 aromatic heterocycles. The molecule has 2 aromatic carbocycles. The van der Waals surface area contributed by atoms with Crippen LogP contribution in [0.1, 0.15) is 30.0 Å². The van der Waals surface area contributed by atoms with Gasteiger partial charge in [0.05, 0.1) is 19.6 Å². The second kappa shape index (κ2) is 6.71. The number of anilines is 2. The van der Waals surface area contributed by atoms with Gasteiger partial charge in [0.1, 0.15) is 5.75 Å². The summed E-state index contributed by atoms with van der Waals surface area (Å²) >= 11 is 0. The number of carbonyl (C=O) groups is 2. The third kappa shape index (κ3) is 3.10. The first-order chi connectivity index (χ1) is 12.6.